The lowest BCUT2D eigenvalue weighted by Gasteiger charge is -2.33. The number of hydrogen-bond donors (Lipinski definition) is 2. The largest absolute Gasteiger partial charge is 0.493 e. The molecule has 1 aliphatic heterocycles. The number of carbonyl (C=O) groups is 2. The first-order valence-electron chi connectivity index (χ1n) is 9.52. The molecule has 0 saturated carbocycles. The number of hydrogen-bond acceptors (Lipinski definition) is 5. The van der Waals surface area contributed by atoms with Crippen molar-refractivity contribution in [3.05, 3.63) is 42.6 Å². The lowest BCUT2D eigenvalue weighted by atomic mass is 10.0. The minimum atomic E-state index is -0.978. The molecule has 1 unspecified atom stereocenters. The molecule has 0 radical (unpaired) electrons. The zero-order valence-corrected chi connectivity index (χ0v) is 16.0. The number of rotatable bonds is 7. The minimum Gasteiger partial charge on any atom is -0.493 e. The van der Waals surface area contributed by atoms with Crippen LogP contribution in [0.2, 0.25) is 0 Å². The second-order valence-corrected chi connectivity index (χ2v) is 6.85. The van der Waals surface area contributed by atoms with E-state index in [4.69, 9.17) is 4.74 Å². The van der Waals surface area contributed by atoms with Crippen LogP contribution in [0.15, 0.2) is 42.6 Å². The molecule has 150 valence electrons. The molecular weight excluding hydrogens is 360 g/mol. The van der Waals surface area contributed by atoms with E-state index in [1.165, 1.54) is 6.92 Å². The number of ether oxygens (including phenoxy) is 1. The lowest BCUT2D eigenvalue weighted by Crippen LogP contribution is -2.43. The van der Waals surface area contributed by atoms with Crippen molar-refractivity contribution in [1.29, 1.82) is 0 Å². The summed E-state index contributed by atoms with van der Waals surface area (Å²) in [7, 11) is 0. The van der Waals surface area contributed by atoms with Crippen LogP contribution in [0.25, 0.3) is 0 Å². The Morgan fingerprint density at radius 3 is 2.64 bits per heavy atom. The Bertz CT molecular complexity index is 783. The molecule has 8 nitrogen and oxygen atoms in total. The molecule has 1 fully saturated rings. The molecule has 28 heavy (non-hydrogen) atoms. The Kier molecular flexibility index (Phi) is 6.65. The van der Waals surface area contributed by atoms with Gasteiger partial charge in [-0.05, 0) is 31.9 Å². The van der Waals surface area contributed by atoms with Gasteiger partial charge in [0.05, 0.1) is 25.3 Å². The van der Waals surface area contributed by atoms with Crippen LogP contribution in [0.1, 0.15) is 32.2 Å². The molecule has 1 saturated heterocycles. The number of amides is 2. The van der Waals surface area contributed by atoms with Gasteiger partial charge in [0.15, 0.2) is 0 Å². The number of nitrogens with zero attached hydrogens (tertiary/aromatic N) is 3. The fourth-order valence-electron chi connectivity index (χ4n) is 3.28. The zero-order chi connectivity index (χ0) is 19.9. The molecule has 0 aliphatic carbocycles. The van der Waals surface area contributed by atoms with E-state index in [2.05, 4.69) is 10.4 Å². The quantitative estimate of drug-likeness (QED) is 0.757. The molecule has 0 spiro atoms. The van der Waals surface area contributed by atoms with Crippen molar-refractivity contribution in [1.82, 2.24) is 14.7 Å². The van der Waals surface area contributed by atoms with Crippen molar-refractivity contribution >= 4 is 17.6 Å². The maximum atomic E-state index is 12.2. The predicted octanol–water partition coefficient (Wildman–Crippen LogP) is 1.83. The number of likely N-dealkylation sites (tertiary alicyclic amines) is 1. The van der Waals surface area contributed by atoms with E-state index in [1.54, 1.807) is 21.8 Å². The van der Waals surface area contributed by atoms with Crippen molar-refractivity contribution in [3.8, 4) is 5.75 Å². The van der Waals surface area contributed by atoms with E-state index < -0.39 is 6.10 Å². The number of nitrogens with one attached hydrogen (secondary N) is 1. The third-order valence-corrected chi connectivity index (χ3v) is 4.76. The fourth-order valence-corrected chi connectivity index (χ4v) is 3.28. The summed E-state index contributed by atoms with van der Waals surface area (Å²) in [6.07, 6.45) is 2.36. The summed E-state index contributed by atoms with van der Waals surface area (Å²) in [6.45, 7) is 2.90. The summed E-state index contributed by atoms with van der Waals surface area (Å²) < 4.78 is 7.36. The SMILES string of the molecule is CC(O)C(=O)N1CCC(n2nccc2NC(=O)CCOc2ccccc2)CC1. The van der Waals surface area contributed by atoms with E-state index in [9.17, 15) is 14.7 Å². The minimum absolute atomic E-state index is 0.101. The molecule has 2 amide bonds. The molecule has 2 N–H and O–H groups in total. The van der Waals surface area contributed by atoms with Gasteiger partial charge in [-0.2, -0.15) is 5.10 Å². The zero-order valence-electron chi connectivity index (χ0n) is 16.0. The predicted molar refractivity (Wildman–Crippen MR) is 104 cm³/mol. The topological polar surface area (TPSA) is 96.7 Å². The molecule has 1 aliphatic rings. The van der Waals surface area contributed by atoms with Crippen molar-refractivity contribution in [2.24, 2.45) is 0 Å². The van der Waals surface area contributed by atoms with Gasteiger partial charge in [-0.25, -0.2) is 4.68 Å². The van der Waals surface area contributed by atoms with Crippen LogP contribution in [0.5, 0.6) is 5.75 Å². The Morgan fingerprint density at radius 1 is 1.25 bits per heavy atom. The van der Waals surface area contributed by atoms with Gasteiger partial charge < -0.3 is 20.1 Å². The number of aliphatic hydroxyl groups excluding tert-OH is 1. The van der Waals surface area contributed by atoms with E-state index >= 15 is 0 Å². The number of piperidine rings is 1. The lowest BCUT2D eigenvalue weighted by molar-refractivity contribution is -0.140. The highest BCUT2D eigenvalue weighted by molar-refractivity contribution is 5.89. The van der Waals surface area contributed by atoms with Crippen molar-refractivity contribution in [2.45, 2.75) is 38.3 Å². The smallest absolute Gasteiger partial charge is 0.251 e. The van der Waals surface area contributed by atoms with E-state index in [0.717, 1.165) is 18.6 Å². The van der Waals surface area contributed by atoms with Crippen LogP contribution in [0.3, 0.4) is 0 Å². The third-order valence-electron chi connectivity index (χ3n) is 4.76. The first kappa shape index (κ1) is 19.9. The maximum absolute atomic E-state index is 12.2. The number of benzene rings is 1. The van der Waals surface area contributed by atoms with E-state index in [0.29, 0.717) is 25.5 Å². The first-order chi connectivity index (χ1) is 13.5. The van der Waals surface area contributed by atoms with Crippen LogP contribution in [-0.4, -0.2) is 57.4 Å². The van der Waals surface area contributed by atoms with Gasteiger partial charge >= 0.3 is 0 Å². The highest BCUT2D eigenvalue weighted by Crippen LogP contribution is 2.25. The average Bonchev–Trinajstić information content (AvgIpc) is 3.16. The van der Waals surface area contributed by atoms with Gasteiger partial charge in [0.25, 0.3) is 5.91 Å². The van der Waals surface area contributed by atoms with Gasteiger partial charge in [-0.15, -0.1) is 0 Å². The third kappa shape index (κ3) is 5.10. The molecule has 2 heterocycles. The number of anilines is 1. The molecule has 8 heteroatoms. The summed E-state index contributed by atoms with van der Waals surface area (Å²) in [6, 6.07) is 11.2. The number of para-hydroxylation sites is 1. The Morgan fingerprint density at radius 2 is 1.96 bits per heavy atom. The molecular formula is C20H26N4O4. The summed E-state index contributed by atoms with van der Waals surface area (Å²) in [4.78, 5) is 25.8. The highest BCUT2D eigenvalue weighted by atomic mass is 16.5. The normalized spacial score (nSPS) is 15.9. The molecule has 2 aromatic rings. The summed E-state index contributed by atoms with van der Waals surface area (Å²) >= 11 is 0. The maximum Gasteiger partial charge on any atom is 0.251 e. The van der Waals surface area contributed by atoms with Gasteiger partial charge in [0.2, 0.25) is 5.91 Å². The average molecular weight is 386 g/mol. The summed E-state index contributed by atoms with van der Waals surface area (Å²) in [5, 5.41) is 16.7. The number of aliphatic hydroxyl groups is 1. The summed E-state index contributed by atoms with van der Waals surface area (Å²) in [5.41, 5.74) is 0. The second kappa shape index (κ2) is 9.36. The van der Waals surface area contributed by atoms with Crippen molar-refractivity contribution < 1.29 is 19.4 Å². The Hall–Kier alpha value is -2.87. The second-order valence-electron chi connectivity index (χ2n) is 6.85. The first-order valence-corrected chi connectivity index (χ1v) is 9.52. The molecule has 1 atom stereocenters. The summed E-state index contributed by atoms with van der Waals surface area (Å²) in [5.74, 6) is 0.995. The van der Waals surface area contributed by atoms with Gasteiger partial charge in [0.1, 0.15) is 17.7 Å². The number of carbonyl (C=O) groups excluding carboxylic acids is 2. The van der Waals surface area contributed by atoms with Crippen molar-refractivity contribution in [2.75, 3.05) is 25.0 Å². The standard InChI is InChI=1S/C20H26N4O4/c1-15(25)20(27)23-12-8-16(9-13-23)24-18(7-11-21-24)22-19(26)10-14-28-17-5-3-2-4-6-17/h2-7,11,15-16,25H,8-10,12-14H2,1H3,(H,22,26). The van der Waals surface area contributed by atoms with Gasteiger partial charge in [-0.3, -0.25) is 9.59 Å². The van der Waals surface area contributed by atoms with Crippen LogP contribution in [0, 0.1) is 0 Å². The highest BCUT2D eigenvalue weighted by Gasteiger charge is 2.27. The monoisotopic (exact) mass is 386 g/mol. The molecule has 1 aromatic heterocycles. The Labute approximate surface area is 164 Å². The van der Waals surface area contributed by atoms with E-state index in [1.807, 2.05) is 30.3 Å². The molecule has 3 rings (SSSR count). The van der Waals surface area contributed by atoms with Crippen molar-refractivity contribution in [3.63, 3.8) is 0 Å². The molecule has 1 aromatic carbocycles. The van der Waals surface area contributed by atoms with Crippen LogP contribution in [-0.2, 0) is 9.59 Å². The van der Waals surface area contributed by atoms with Gasteiger partial charge in [0, 0.05) is 19.2 Å². The number of aromatic nitrogens is 2. The van der Waals surface area contributed by atoms with Gasteiger partial charge in [-0.1, -0.05) is 18.2 Å². The van der Waals surface area contributed by atoms with Crippen LogP contribution < -0.4 is 10.1 Å². The van der Waals surface area contributed by atoms with E-state index in [-0.39, 0.29) is 24.3 Å². The fraction of sp³-hybridized carbons (Fsp3) is 0.450. The van der Waals surface area contributed by atoms with Crippen LogP contribution in [0.4, 0.5) is 5.82 Å². The molecule has 0 bridgehead atoms. The Balaban J connectivity index is 1.48. The van der Waals surface area contributed by atoms with Crippen LogP contribution >= 0.6 is 0 Å².